The van der Waals surface area contributed by atoms with Gasteiger partial charge in [-0.2, -0.15) is 0 Å². The second kappa shape index (κ2) is 7.31. The van der Waals surface area contributed by atoms with Gasteiger partial charge in [0, 0.05) is 12.2 Å². The molecule has 0 spiro atoms. The largest absolute Gasteiger partial charge is 0.481 e. The van der Waals surface area contributed by atoms with E-state index >= 15 is 0 Å². The molecule has 1 rings (SSSR count). The van der Waals surface area contributed by atoms with Crippen molar-refractivity contribution in [2.24, 2.45) is 5.92 Å². The Kier molecular flexibility index (Phi) is 6.04. The van der Waals surface area contributed by atoms with E-state index in [2.05, 4.69) is 10.6 Å². The predicted octanol–water partition coefficient (Wildman–Crippen LogP) is 3.36. The number of carboxylic acids is 1. The molecule has 20 heavy (non-hydrogen) atoms. The molecule has 0 aliphatic rings. The number of hydrogen-bond acceptors (Lipinski definition) is 2. The number of rotatable bonds is 5. The van der Waals surface area contributed by atoms with E-state index in [1.54, 1.807) is 6.92 Å². The molecule has 1 atom stereocenters. The quantitative estimate of drug-likeness (QED) is 0.727. The van der Waals surface area contributed by atoms with Crippen LogP contribution in [-0.2, 0) is 4.79 Å². The molecule has 1 unspecified atom stereocenters. The number of aliphatic carboxylic acids is 1. The van der Waals surface area contributed by atoms with E-state index in [9.17, 15) is 14.0 Å². The van der Waals surface area contributed by atoms with Gasteiger partial charge in [-0.3, -0.25) is 4.79 Å². The van der Waals surface area contributed by atoms with Crippen molar-refractivity contribution in [2.75, 3.05) is 11.9 Å². The molecule has 0 saturated heterocycles. The highest BCUT2D eigenvalue weighted by molar-refractivity contribution is 6.35. The Labute approximate surface area is 125 Å². The number of hydrogen-bond donors (Lipinski definition) is 3. The average molecular weight is 323 g/mol. The number of anilines is 1. The third-order valence-corrected chi connectivity index (χ3v) is 3.08. The van der Waals surface area contributed by atoms with Crippen molar-refractivity contribution in [1.82, 2.24) is 5.32 Å². The zero-order valence-corrected chi connectivity index (χ0v) is 12.1. The minimum atomic E-state index is -0.927. The molecular formula is C12H13Cl2FN2O3. The number of urea groups is 1. The maximum atomic E-state index is 13.2. The monoisotopic (exact) mass is 322 g/mol. The van der Waals surface area contributed by atoms with Crippen molar-refractivity contribution in [3.05, 3.63) is 28.0 Å². The normalized spacial score (nSPS) is 11.8. The zero-order valence-electron chi connectivity index (χ0n) is 10.5. The van der Waals surface area contributed by atoms with E-state index in [-0.39, 0.29) is 22.3 Å². The van der Waals surface area contributed by atoms with Crippen molar-refractivity contribution in [1.29, 1.82) is 0 Å². The van der Waals surface area contributed by atoms with Crippen molar-refractivity contribution in [2.45, 2.75) is 13.3 Å². The van der Waals surface area contributed by atoms with Crippen LogP contribution in [0.15, 0.2) is 12.1 Å². The fraction of sp³-hybridized carbons (Fsp3) is 0.333. The van der Waals surface area contributed by atoms with E-state index < -0.39 is 23.7 Å². The molecule has 1 aromatic rings. The van der Waals surface area contributed by atoms with Gasteiger partial charge in [0.25, 0.3) is 0 Å². The van der Waals surface area contributed by atoms with Crippen LogP contribution in [0.3, 0.4) is 0 Å². The molecule has 5 nitrogen and oxygen atoms in total. The van der Waals surface area contributed by atoms with Crippen LogP contribution in [0.2, 0.25) is 10.0 Å². The number of carbonyl (C=O) groups is 2. The Hall–Kier alpha value is -1.53. The molecule has 0 fully saturated rings. The van der Waals surface area contributed by atoms with Gasteiger partial charge < -0.3 is 15.7 Å². The van der Waals surface area contributed by atoms with Gasteiger partial charge in [0.05, 0.1) is 16.0 Å². The summed E-state index contributed by atoms with van der Waals surface area (Å²) in [6.45, 7) is 1.74. The van der Waals surface area contributed by atoms with Gasteiger partial charge in [-0.05, 0) is 18.6 Å². The summed E-state index contributed by atoms with van der Waals surface area (Å²) >= 11 is 11.2. The Morgan fingerprint density at radius 2 is 1.90 bits per heavy atom. The third-order valence-electron chi connectivity index (χ3n) is 2.53. The fourth-order valence-electron chi connectivity index (χ4n) is 1.33. The Morgan fingerprint density at radius 3 is 2.40 bits per heavy atom. The molecule has 0 aromatic heterocycles. The summed E-state index contributed by atoms with van der Waals surface area (Å²) in [4.78, 5) is 22.1. The minimum absolute atomic E-state index is 0.196. The predicted molar refractivity (Wildman–Crippen MR) is 74.9 cm³/mol. The van der Waals surface area contributed by atoms with Gasteiger partial charge >= 0.3 is 12.0 Å². The summed E-state index contributed by atoms with van der Waals surface area (Å²) in [6, 6.07) is 1.89. The van der Waals surface area contributed by atoms with E-state index in [0.29, 0.717) is 6.42 Å². The SMILES string of the molecule is CC(CCNC(=O)Nc1cc(Cl)c(F)c(Cl)c1)C(=O)O. The molecule has 0 aliphatic carbocycles. The van der Waals surface area contributed by atoms with Gasteiger partial charge in [-0.15, -0.1) is 0 Å². The molecular weight excluding hydrogens is 310 g/mol. The molecule has 2 amide bonds. The summed E-state index contributed by atoms with van der Waals surface area (Å²) in [6.07, 6.45) is 0.299. The lowest BCUT2D eigenvalue weighted by Gasteiger charge is -2.10. The second-order valence-electron chi connectivity index (χ2n) is 4.16. The molecule has 3 N–H and O–H groups in total. The molecule has 0 radical (unpaired) electrons. The molecule has 1 aromatic carbocycles. The molecule has 0 aliphatic heterocycles. The molecule has 8 heteroatoms. The van der Waals surface area contributed by atoms with Crippen molar-refractivity contribution in [3.8, 4) is 0 Å². The Morgan fingerprint density at radius 1 is 1.35 bits per heavy atom. The minimum Gasteiger partial charge on any atom is -0.481 e. The van der Waals surface area contributed by atoms with Gasteiger partial charge in [0.2, 0.25) is 0 Å². The summed E-state index contributed by atoms with van der Waals surface area (Å²) < 4.78 is 13.2. The lowest BCUT2D eigenvalue weighted by molar-refractivity contribution is -0.141. The second-order valence-corrected chi connectivity index (χ2v) is 4.98. The lowest BCUT2D eigenvalue weighted by atomic mass is 10.1. The molecule has 0 bridgehead atoms. The van der Waals surface area contributed by atoms with Crippen LogP contribution in [0.5, 0.6) is 0 Å². The first-order valence-corrected chi connectivity index (χ1v) is 6.49. The Balaban J connectivity index is 2.49. The molecule has 0 heterocycles. The van der Waals surface area contributed by atoms with E-state index in [4.69, 9.17) is 28.3 Å². The molecule has 0 saturated carbocycles. The summed E-state index contributed by atoms with van der Waals surface area (Å²) in [7, 11) is 0. The third kappa shape index (κ3) is 4.86. The highest BCUT2D eigenvalue weighted by atomic mass is 35.5. The van der Waals surface area contributed by atoms with E-state index in [0.717, 1.165) is 0 Å². The number of halogens is 3. The fourth-order valence-corrected chi connectivity index (χ4v) is 1.82. The summed E-state index contributed by atoms with van der Waals surface area (Å²) in [5.41, 5.74) is 0.241. The maximum Gasteiger partial charge on any atom is 0.319 e. The standard InChI is InChI=1S/C12H13Cl2FN2O3/c1-6(11(18)19)2-3-16-12(20)17-7-4-8(13)10(15)9(14)5-7/h4-6H,2-3H2,1H3,(H,18,19)(H2,16,17,20). The number of amides is 2. The molecule has 110 valence electrons. The van der Waals surface area contributed by atoms with Crippen LogP contribution < -0.4 is 10.6 Å². The van der Waals surface area contributed by atoms with Crippen molar-refractivity contribution < 1.29 is 19.1 Å². The summed E-state index contributed by atoms with van der Waals surface area (Å²) in [5.74, 6) is -2.23. The number of carboxylic acid groups (broad SMARTS) is 1. The van der Waals surface area contributed by atoms with Crippen LogP contribution in [0.1, 0.15) is 13.3 Å². The van der Waals surface area contributed by atoms with Gasteiger partial charge in [0.1, 0.15) is 0 Å². The maximum absolute atomic E-state index is 13.2. The van der Waals surface area contributed by atoms with Crippen LogP contribution >= 0.6 is 23.2 Å². The highest BCUT2D eigenvalue weighted by Gasteiger charge is 2.12. The first-order valence-electron chi connectivity index (χ1n) is 5.73. The Bertz CT molecular complexity index is 502. The van der Waals surface area contributed by atoms with Crippen molar-refractivity contribution >= 4 is 40.9 Å². The van der Waals surface area contributed by atoms with Gasteiger partial charge in [-0.1, -0.05) is 30.1 Å². The highest BCUT2D eigenvalue weighted by Crippen LogP contribution is 2.27. The first-order chi connectivity index (χ1) is 9.31. The number of nitrogens with one attached hydrogen (secondary N) is 2. The van der Waals surface area contributed by atoms with Crippen LogP contribution in [0.4, 0.5) is 14.9 Å². The van der Waals surface area contributed by atoms with E-state index in [1.165, 1.54) is 12.1 Å². The first kappa shape index (κ1) is 16.5. The van der Waals surface area contributed by atoms with Gasteiger partial charge in [-0.25, -0.2) is 9.18 Å². The topological polar surface area (TPSA) is 78.4 Å². The summed E-state index contributed by atoms with van der Waals surface area (Å²) in [5, 5.41) is 13.2. The van der Waals surface area contributed by atoms with Crippen LogP contribution in [-0.4, -0.2) is 23.7 Å². The smallest absolute Gasteiger partial charge is 0.319 e. The van der Waals surface area contributed by atoms with Crippen LogP contribution in [0.25, 0.3) is 0 Å². The number of benzene rings is 1. The van der Waals surface area contributed by atoms with Crippen LogP contribution in [0, 0.1) is 11.7 Å². The lowest BCUT2D eigenvalue weighted by Crippen LogP contribution is -2.31. The van der Waals surface area contributed by atoms with E-state index in [1.807, 2.05) is 0 Å². The van der Waals surface area contributed by atoms with Crippen molar-refractivity contribution in [3.63, 3.8) is 0 Å². The average Bonchev–Trinajstić information content (AvgIpc) is 2.35. The number of carbonyl (C=O) groups excluding carboxylic acids is 1. The zero-order chi connectivity index (χ0) is 15.3. The van der Waals surface area contributed by atoms with Gasteiger partial charge in [0.15, 0.2) is 5.82 Å².